The molecule has 1 aliphatic rings. The number of carbonyl (C=O) groups excluding carboxylic acids is 2. The molecule has 0 radical (unpaired) electrons. The largest absolute Gasteiger partial charge is 0.354 e. The molecule has 4 N–H and O–H groups in total. The molecule has 9 heteroatoms. The number of rotatable bonds is 6. The zero-order valence-electron chi connectivity index (χ0n) is 10.2. The van der Waals surface area contributed by atoms with Crippen LogP contribution < -0.4 is 20.7 Å². The summed E-state index contributed by atoms with van der Waals surface area (Å²) in [6, 6.07) is -0.510. The fourth-order valence-electron chi connectivity index (χ4n) is 1.48. The van der Waals surface area contributed by atoms with Gasteiger partial charge in [0, 0.05) is 19.6 Å². The summed E-state index contributed by atoms with van der Waals surface area (Å²) in [5.41, 5.74) is 0. The summed E-state index contributed by atoms with van der Waals surface area (Å²) in [5.74, 6) is -0.637. The Balaban J connectivity index is 2.27. The van der Waals surface area contributed by atoms with Gasteiger partial charge in [0.1, 0.15) is 6.04 Å². The van der Waals surface area contributed by atoms with Crippen molar-refractivity contribution in [2.75, 3.05) is 31.9 Å². The van der Waals surface area contributed by atoms with Crippen LogP contribution in [0.1, 0.15) is 6.92 Å². The fraction of sp³-hybridized carbons (Fsp3) is 0.778. The van der Waals surface area contributed by atoms with E-state index >= 15 is 0 Å². The zero-order chi connectivity index (χ0) is 13.6. The van der Waals surface area contributed by atoms with Crippen molar-refractivity contribution in [1.82, 2.24) is 20.7 Å². The quantitative estimate of drug-likeness (QED) is 0.417. The Hall–Kier alpha value is -1.19. The fourth-order valence-corrected chi connectivity index (χ4v) is 2.43. The molecule has 1 aliphatic heterocycles. The van der Waals surface area contributed by atoms with Gasteiger partial charge in [0.15, 0.2) is 0 Å². The molecule has 1 atom stereocenters. The van der Waals surface area contributed by atoms with E-state index in [1.807, 2.05) is 0 Å². The minimum absolute atomic E-state index is 0.0420. The lowest BCUT2D eigenvalue weighted by molar-refractivity contribution is -0.126. The van der Waals surface area contributed by atoms with E-state index < -0.39 is 16.1 Å². The molecule has 1 unspecified atom stereocenters. The van der Waals surface area contributed by atoms with Crippen molar-refractivity contribution in [2.45, 2.75) is 13.0 Å². The minimum Gasteiger partial charge on any atom is -0.354 e. The first-order chi connectivity index (χ1) is 8.44. The molecule has 0 bridgehead atoms. The van der Waals surface area contributed by atoms with Gasteiger partial charge in [-0.3, -0.25) is 14.9 Å². The summed E-state index contributed by atoms with van der Waals surface area (Å²) in [7, 11) is -3.32. The summed E-state index contributed by atoms with van der Waals surface area (Å²) < 4.78 is 24.9. The molecule has 1 rings (SSSR count). The Morgan fingerprint density at radius 3 is 2.78 bits per heavy atom. The Morgan fingerprint density at radius 2 is 2.22 bits per heavy atom. The minimum atomic E-state index is -3.32. The normalized spacial score (nSPS) is 20.3. The van der Waals surface area contributed by atoms with E-state index in [9.17, 15) is 18.0 Å². The smallest absolute Gasteiger partial charge is 0.239 e. The van der Waals surface area contributed by atoms with Crippen LogP contribution in [-0.4, -0.2) is 58.2 Å². The first-order valence-electron chi connectivity index (χ1n) is 5.69. The number of carbonyl (C=O) groups is 2. The average molecular weight is 278 g/mol. The van der Waals surface area contributed by atoms with E-state index in [0.717, 1.165) is 0 Å². The third-order valence-corrected chi connectivity index (χ3v) is 3.83. The molecule has 1 heterocycles. The maximum atomic E-state index is 11.6. The highest BCUT2D eigenvalue weighted by Gasteiger charge is 2.23. The lowest BCUT2D eigenvalue weighted by atomic mass is 10.2. The van der Waals surface area contributed by atoms with Gasteiger partial charge in [-0.15, -0.1) is 0 Å². The predicted molar refractivity (Wildman–Crippen MR) is 65.3 cm³/mol. The molecule has 1 saturated heterocycles. The van der Waals surface area contributed by atoms with Crippen molar-refractivity contribution in [1.29, 1.82) is 0 Å². The Labute approximate surface area is 106 Å². The number of sulfonamides is 1. The topological polar surface area (TPSA) is 116 Å². The van der Waals surface area contributed by atoms with E-state index in [1.165, 1.54) is 0 Å². The van der Waals surface area contributed by atoms with E-state index in [0.29, 0.717) is 6.54 Å². The first kappa shape index (κ1) is 14.9. The van der Waals surface area contributed by atoms with E-state index in [1.54, 1.807) is 6.92 Å². The molecule has 1 fully saturated rings. The molecule has 104 valence electrons. The highest BCUT2D eigenvalue weighted by Crippen LogP contribution is 1.89. The molecular formula is C9H18N4O4S. The summed E-state index contributed by atoms with van der Waals surface area (Å²) in [4.78, 5) is 22.5. The maximum absolute atomic E-state index is 11.6. The van der Waals surface area contributed by atoms with Gasteiger partial charge < -0.3 is 10.6 Å². The summed E-state index contributed by atoms with van der Waals surface area (Å²) in [6.45, 7) is 2.36. The number of piperazine rings is 1. The van der Waals surface area contributed by atoms with Crippen LogP contribution in [0.4, 0.5) is 0 Å². The highest BCUT2D eigenvalue weighted by atomic mass is 32.2. The molecule has 0 aromatic carbocycles. The Morgan fingerprint density at radius 1 is 1.50 bits per heavy atom. The summed E-state index contributed by atoms with van der Waals surface area (Å²) >= 11 is 0. The van der Waals surface area contributed by atoms with Gasteiger partial charge in [-0.05, 0) is 0 Å². The zero-order valence-corrected chi connectivity index (χ0v) is 11.0. The van der Waals surface area contributed by atoms with Crippen molar-refractivity contribution in [2.24, 2.45) is 0 Å². The standard InChI is InChI=1S/C9H18N4O4S/c1-2-13-18(16,17)4-3-10-9(15)7-5-12-8(14)6-11-7/h7,11,13H,2-6H2,1H3,(H,10,15)(H,12,14). The van der Waals surface area contributed by atoms with Crippen molar-refractivity contribution in [3.8, 4) is 0 Å². The lowest BCUT2D eigenvalue weighted by Crippen LogP contribution is -2.58. The van der Waals surface area contributed by atoms with Crippen LogP contribution in [-0.2, 0) is 19.6 Å². The van der Waals surface area contributed by atoms with Crippen LogP contribution in [0.15, 0.2) is 0 Å². The molecular weight excluding hydrogens is 260 g/mol. The predicted octanol–water partition coefficient (Wildman–Crippen LogP) is -2.87. The maximum Gasteiger partial charge on any atom is 0.239 e. The Kier molecular flexibility index (Phi) is 5.51. The number of hydrogen-bond donors (Lipinski definition) is 4. The van der Waals surface area contributed by atoms with Gasteiger partial charge >= 0.3 is 0 Å². The highest BCUT2D eigenvalue weighted by molar-refractivity contribution is 7.89. The Bertz CT molecular complexity index is 399. The van der Waals surface area contributed by atoms with Crippen LogP contribution >= 0.6 is 0 Å². The van der Waals surface area contributed by atoms with Crippen molar-refractivity contribution in [3.05, 3.63) is 0 Å². The molecule has 18 heavy (non-hydrogen) atoms. The molecule has 8 nitrogen and oxygen atoms in total. The van der Waals surface area contributed by atoms with E-state index in [-0.39, 0.29) is 37.2 Å². The summed E-state index contributed by atoms with van der Waals surface area (Å²) in [5, 5.41) is 7.81. The monoisotopic (exact) mass is 278 g/mol. The van der Waals surface area contributed by atoms with Crippen molar-refractivity contribution >= 4 is 21.8 Å². The second-order valence-corrected chi connectivity index (χ2v) is 5.77. The number of amides is 2. The second-order valence-electron chi connectivity index (χ2n) is 3.85. The van der Waals surface area contributed by atoms with Gasteiger partial charge in [0.2, 0.25) is 21.8 Å². The van der Waals surface area contributed by atoms with Gasteiger partial charge in [0.05, 0.1) is 12.3 Å². The molecule has 0 saturated carbocycles. The first-order valence-corrected chi connectivity index (χ1v) is 7.35. The van der Waals surface area contributed by atoms with E-state index in [2.05, 4.69) is 20.7 Å². The third kappa shape index (κ3) is 4.98. The van der Waals surface area contributed by atoms with Gasteiger partial charge in [-0.2, -0.15) is 0 Å². The lowest BCUT2D eigenvalue weighted by Gasteiger charge is -2.23. The molecule has 0 aromatic rings. The molecule has 0 aromatic heterocycles. The van der Waals surface area contributed by atoms with Gasteiger partial charge in [-0.1, -0.05) is 6.92 Å². The summed E-state index contributed by atoms with van der Waals surface area (Å²) in [6.07, 6.45) is 0. The third-order valence-electron chi connectivity index (χ3n) is 2.36. The van der Waals surface area contributed by atoms with Gasteiger partial charge in [-0.25, -0.2) is 13.1 Å². The number of nitrogens with one attached hydrogen (secondary N) is 4. The van der Waals surface area contributed by atoms with Crippen LogP contribution in [0.2, 0.25) is 0 Å². The van der Waals surface area contributed by atoms with Crippen LogP contribution in [0.5, 0.6) is 0 Å². The van der Waals surface area contributed by atoms with Crippen molar-refractivity contribution < 1.29 is 18.0 Å². The van der Waals surface area contributed by atoms with Crippen LogP contribution in [0, 0.1) is 0 Å². The van der Waals surface area contributed by atoms with E-state index in [4.69, 9.17) is 0 Å². The second kappa shape index (κ2) is 6.66. The van der Waals surface area contributed by atoms with Gasteiger partial charge in [0.25, 0.3) is 0 Å². The average Bonchev–Trinajstić information content (AvgIpc) is 2.29. The molecule has 0 aliphatic carbocycles. The molecule has 2 amide bonds. The number of hydrogen-bond acceptors (Lipinski definition) is 5. The van der Waals surface area contributed by atoms with Crippen LogP contribution in [0.25, 0.3) is 0 Å². The van der Waals surface area contributed by atoms with Crippen molar-refractivity contribution in [3.63, 3.8) is 0 Å². The molecule has 0 spiro atoms. The van der Waals surface area contributed by atoms with Crippen LogP contribution in [0.3, 0.4) is 0 Å². The SMILES string of the molecule is CCNS(=O)(=O)CCNC(=O)C1CNC(=O)CN1.